The van der Waals surface area contributed by atoms with Gasteiger partial charge in [-0.25, -0.2) is 14.6 Å². The van der Waals surface area contributed by atoms with Crippen molar-refractivity contribution in [3.8, 4) is 0 Å². The van der Waals surface area contributed by atoms with Crippen LogP contribution >= 0.6 is 11.3 Å². The molecule has 2 aromatic rings. The minimum absolute atomic E-state index is 0.0907. The number of hydrogen-bond donors (Lipinski definition) is 3. The van der Waals surface area contributed by atoms with Crippen LogP contribution in [0.2, 0.25) is 0 Å². The molecule has 0 saturated heterocycles. The molecule has 144 valence electrons. The van der Waals surface area contributed by atoms with Crippen LogP contribution in [0.25, 0.3) is 0 Å². The van der Waals surface area contributed by atoms with E-state index in [1.54, 1.807) is 0 Å². The standard InChI is InChI=1S/C17H20N4O5S/c1-25-8-7-18-16(24)21-14(22)10-26-15(23)13-11-27-17(20-13)19-9-12-5-3-2-4-6-12/h2-6,11H,7-10H2,1H3,(H,19,20)(H2,18,21,22,24). The lowest BCUT2D eigenvalue weighted by atomic mass is 10.2. The van der Waals surface area contributed by atoms with Crippen LogP contribution in [0.15, 0.2) is 35.7 Å². The van der Waals surface area contributed by atoms with Gasteiger partial charge in [-0.3, -0.25) is 10.1 Å². The normalized spacial score (nSPS) is 10.1. The number of nitrogens with zero attached hydrogens (tertiary/aromatic N) is 1. The second-order valence-corrected chi connectivity index (χ2v) is 6.11. The van der Waals surface area contributed by atoms with E-state index in [0.29, 0.717) is 18.3 Å². The lowest BCUT2D eigenvalue weighted by molar-refractivity contribution is -0.123. The van der Waals surface area contributed by atoms with Crippen molar-refractivity contribution in [3.63, 3.8) is 0 Å². The van der Waals surface area contributed by atoms with Crippen LogP contribution in [0, 0.1) is 0 Å². The molecule has 0 aliphatic rings. The minimum Gasteiger partial charge on any atom is -0.451 e. The van der Waals surface area contributed by atoms with Gasteiger partial charge in [-0.2, -0.15) is 0 Å². The zero-order valence-corrected chi connectivity index (χ0v) is 15.5. The number of aromatic nitrogens is 1. The number of ether oxygens (including phenoxy) is 2. The molecular weight excluding hydrogens is 372 g/mol. The molecule has 0 bridgehead atoms. The zero-order valence-electron chi connectivity index (χ0n) is 14.7. The Kier molecular flexibility index (Phi) is 8.20. The first-order valence-corrected chi connectivity index (χ1v) is 8.93. The van der Waals surface area contributed by atoms with Gasteiger partial charge in [0.2, 0.25) is 0 Å². The average molecular weight is 392 g/mol. The summed E-state index contributed by atoms with van der Waals surface area (Å²) in [5.41, 5.74) is 1.17. The number of amides is 3. The van der Waals surface area contributed by atoms with Crippen LogP contribution < -0.4 is 16.0 Å². The lowest BCUT2D eigenvalue weighted by Gasteiger charge is -2.06. The Labute approximate surface area is 160 Å². The third kappa shape index (κ3) is 7.42. The molecule has 0 unspecified atom stereocenters. The second-order valence-electron chi connectivity index (χ2n) is 5.25. The molecule has 0 atom stereocenters. The van der Waals surface area contributed by atoms with Gasteiger partial charge in [0.15, 0.2) is 17.4 Å². The number of rotatable bonds is 9. The fourth-order valence-electron chi connectivity index (χ4n) is 1.90. The number of methoxy groups -OCH3 is 1. The molecule has 3 amide bonds. The molecule has 9 nitrogen and oxygen atoms in total. The summed E-state index contributed by atoms with van der Waals surface area (Å²) in [5.74, 6) is -1.48. The number of anilines is 1. The highest BCUT2D eigenvalue weighted by molar-refractivity contribution is 7.13. The topological polar surface area (TPSA) is 119 Å². The van der Waals surface area contributed by atoms with Crippen molar-refractivity contribution in [2.24, 2.45) is 0 Å². The Bertz CT molecular complexity index is 766. The van der Waals surface area contributed by atoms with Gasteiger partial charge in [-0.15, -0.1) is 11.3 Å². The molecule has 0 spiro atoms. The highest BCUT2D eigenvalue weighted by atomic mass is 32.1. The number of esters is 1. The van der Waals surface area contributed by atoms with E-state index in [1.807, 2.05) is 35.6 Å². The fraction of sp³-hybridized carbons (Fsp3) is 0.294. The monoisotopic (exact) mass is 392 g/mol. The summed E-state index contributed by atoms with van der Waals surface area (Å²) >= 11 is 1.25. The number of carbonyl (C=O) groups excluding carboxylic acids is 3. The first-order valence-electron chi connectivity index (χ1n) is 8.05. The van der Waals surface area contributed by atoms with Crippen molar-refractivity contribution in [2.75, 3.05) is 32.2 Å². The van der Waals surface area contributed by atoms with Gasteiger partial charge >= 0.3 is 12.0 Å². The molecule has 0 saturated carbocycles. The molecule has 2 rings (SSSR count). The van der Waals surface area contributed by atoms with Gasteiger partial charge < -0.3 is 20.1 Å². The molecule has 1 aromatic carbocycles. The lowest BCUT2D eigenvalue weighted by Crippen LogP contribution is -2.42. The van der Waals surface area contributed by atoms with Gasteiger partial charge in [0, 0.05) is 25.6 Å². The fourth-order valence-corrected chi connectivity index (χ4v) is 2.58. The van der Waals surface area contributed by atoms with E-state index in [9.17, 15) is 14.4 Å². The molecule has 1 aromatic heterocycles. The molecule has 1 heterocycles. The maximum Gasteiger partial charge on any atom is 0.358 e. The third-order valence-corrected chi connectivity index (χ3v) is 3.98. The van der Waals surface area contributed by atoms with Crippen LogP contribution in [0.1, 0.15) is 16.1 Å². The van der Waals surface area contributed by atoms with E-state index in [0.717, 1.165) is 5.56 Å². The highest BCUT2D eigenvalue weighted by Gasteiger charge is 2.15. The number of carbonyl (C=O) groups is 3. The Morgan fingerprint density at radius 1 is 1.19 bits per heavy atom. The van der Waals surface area contributed by atoms with Gasteiger partial charge in [0.25, 0.3) is 5.91 Å². The van der Waals surface area contributed by atoms with Crippen molar-refractivity contribution >= 4 is 34.4 Å². The van der Waals surface area contributed by atoms with E-state index >= 15 is 0 Å². The molecular formula is C17H20N4O5S. The van der Waals surface area contributed by atoms with Gasteiger partial charge in [-0.1, -0.05) is 30.3 Å². The molecule has 0 aliphatic carbocycles. The van der Waals surface area contributed by atoms with Crippen molar-refractivity contribution < 1.29 is 23.9 Å². The minimum atomic E-state index is -0.742. The number of urea groups is 1. The smallest absolute Gasteiger partial charge is 0.358 e. The zero-order chi connectivity index (χ0) is 19.5. The summed E-state index contributed by atoms with van der Waals surface area (Å²) in [7, 11) is 1.49. The molecule has 3 N–H and O–H groups in total. The maximum atomic E-state index is 11.9. The van der Waals surface area contributed by atoms with E-state index in [1.165, 1.54) is 23.8 Å². The predicted octanol–water partition coefficient (Wildman–Crippen LogP) is 1.38. The van der Waals surface area contributed by atoms with Crippen LogP contribution in [-0.2, 0) is 20.8 Å². The van der Waals surface area contributed by atoms with E-state index < -0.39 is 24.5 Å². The van der Waals surface area contributed by atoms with Crippen LogP contribution in [0.5, 0.6) is 0 Å². The van der Waals surface area contributed by atoms with Crippen molar-refractivity contribution in [1.82, 2.24) is 15.6 Å². The first-order chi connectivity index (χ1) is 13.1. The van der Waals surface area contributed by atoms with Crippen molar-refractivity contribution in [2.45, 2.75) is 6.54 Å². The summed E-state index contributed by atoms with van der Waals surface area (Å²) in [6.07, 6.45) is 0. The second kappa shape index (κ2) is 10.9. The Hall–Kier alpha value is -2.98. The SMILES string of the molecule is COCCNC(=O)NC(=O)COC(=O)c1csc(NCc2ccccc2)n1. The van der Waals surface area contributed by atoms with E-state index in [2.05, 4.69) is 15.6 Å². The van der Waals surface area contributed by atoms with Gasteiger partial charge in [0.1, 0.15) is 0 Å². The Morgan fingerprint density at radius 3 is 2.70 bits per heavy atom. The van der Waals surface area contributed by atoms with Crippen LogP contribution in [-0.4, -0.2) is 49.8 Å². The van der Waals surface area contributed by atoms with E-state index in [4.69, 9.17) is 9.47 Å². The van der Waals surface area contributed by atoms with Crippen LogP contribution in [0.4, 0.5) is 9.93 Å². The Morgan fingerprint density at radius 2 is 1.96 bits per heavy atom. The quantitative estimate of drug-likeness (QED) is 0.436. The van der Waals surface area contributed by atoms with Crippen molar-refractivity contribution in [3.05, 3.63) is 47.0 Å². The van der Waals surface area contributed by atoms with Gasteiger partial charge in [0.05, 0.1) is 6.61 Å². The largest absolute Gasteiger partial charge is 0.451 e. The van der Waals surface area contributed by atoms with Crippen LogP contribution in [0.3, 0.4) is 0 Å². The number of benzene rings is 1. The maximum absolute atomic E-state index is 11.9. The Balaban J connectivity index is 1.72. The number of imide groups is 1. The average Bonchev–Trinajstić information content (AvgIpc) is 3.14. The third-order valence-electron chi connectivity index (χ3n) is 3.18. The first kappa shape index (κ1) is 20.3. The number of thiazole rings is 1. The molecule has 0 fully saturated rings. The number of hydrogen-bond acceptors (Lipinski definition) is 8. The summed E-state index contributed by atoms with van der Waals surface area (Å²) in [6.45, 7) is 0.568. The van der Waals surface area contributed by atoms with Crippen molar-refractivity contribution in [1.29, 1.82) is 0 Å². The molecule has 10 heteroatoms. The number of nitrogens with one attached hydrogen (secondary N) is 3. The summed E-state index contributed by atoms with van der Waals surface area (Å²) in [6, 6.07) is 9.06. The summed E-state index contributed by atoms with van der Waals surface area (Å²) < 4.78 is 9.61. The van der Waals surface area contributed by atoms with E-state index in [-0.39, 0.29) is 12.2 Å². The molecule has 0 aliphatic heterocycles. The highest BCUT2D eigenvalue weighted by Crippen LogP contribution is 2.17. The predicted molar refractivity (Wildman–Crippen MR) is 99.6 cm³/mol. The molecule has 0 radical (unpaired) electrons. The van der Waals surface area contributed by atoms with Gasteiger partial charge in [-0.05, 0) is 5.56 Å². The summed E-state index contributed by atoms with van der Waals surface area (Å²) in [5, 5.41) is 9.65. The summed E-state index contributed by atoms with van der Waals surface area (Å²) in [4.78, 5) is 39.0. The molecule has 27 heavy (non-hydrogen) atoms.